The molecule has 770 valence electrons. The first-order valence-electron chi connectivity index (χ1n) is 46.5. The van der Waals surface area contributed by atoms with Gasteiger partial charge in [-0.3, -0.25) is 28.7 Å². The van der Waals surface area contributed by atoms with Crippen molar-refractivity contribution in [1.82, 2.24) is 120 Å². The van der Waals surface area contributed by atoms with Crippen LogP contribution in [0.5, 0.6) is 0 Å². The lowest BCUT2D eigenvalue weighted by Gasteiger charge is -2.21. The number of aryl methyl sites for hydroxylation is 6. The number of carbonyl (C=O) groups excluding carboxylic acids is 6. The minimum absolute atomic E-state index is 0. The van der Waals surface area contributed by atoms with E-state index in [2.05, 4.69) is 275 Å². The molecule has 0 radical (unpaired) electrons. The predicted octanol–water partition coefficient (Wildman–Crippen LogP) is 23.0. The van der Waals surface area contributed by atoms with Crippen molar-refractivity contribution in [2.24, 2.45) is 0 Å². The Kier molecular flexibility index (Phi) is 45.2. The van der Waals surface area contributed by atoms with Crippen molar-refractivity contribution in [2.75, 3.05) is 6.61 Å². The topological polar surface area (TPSA) is 418 Å². The zero-order valence-electron chi connectivity index (χ0n) is 91.8. The summed E-state index contributed by atoms with van der Waals surface area (Å²) in [5.41, 5.74) is 15.1. The summed E-state index contributed by atoms with van der Waals surface area (Å²) in [6.45, 7) is 90.9. The lowest BCUT2D eigenvalue weighted by Crippen LogP contribution is -2.24. The van der Waals surface area contributed by atoms with E-state index in [9.17, 15) is 28.8 Å². The van der Waals surface area contributed by atoms with E-state index >= 15 is 0 Å². The highest BCUT2D eigenvalue weighted by molar-refractivity contribution is 5.92. The van der Waals surface area contributed by atoms with E-state index in [-0.39, 0.29) is 96.4 Å². The van der Waals surface area contributed by atoms with Crippen LogP contribution < -0.4 is 0 Å². The largest absolute Gasteiger partial charge is 0.448 e. The molecule has 0 amide bonds. The van der Waals surface area contributed by atoms with Crippen molar-refractivity contribution in [3.8, 4) is 22.6 Å². The molecular weight excluding hydrogens is 1770 g/mol. The Labute approximate surface area is 831 Å². The van der Waals surface area contributed by atoms with Crippen LogP contribution in [0.2, 0.25) is 0 Å². The number of hydrogen-bond donors (Lipinski definition) is 0. The number of rotatable bonds is 9. The molecule has 0 N–H and O–H groups in total. The van der Waals surface area contributed by atoms with Crippen LogP contribution in [0.15, 0.2) is 134 Å². The summed E-state index contributed by atoms with van der Waals surface area (Å²) in [6.07, 6.45) is 9.75. The molecule has 0 unspecified atom stereocenters. The highest BCUT2D eigenvalue weighted by Crippen LogP contribution is 2.37. The Bertz CT molecular complexity index is 5610. The molecule has 0 fully saturated rings. The van der Waals surface area contributed by atoms with Gasteiger partial charge in [-0.05, 0) is 142 Å². The van der Waals surface area contributed by atoms with Gasteiger partial charge in [-0.2, -0.15) is 14.5 Å². The highest BCUT2D eigenvalue weighted by Gasteiger charge is 2.30. The summed E-state index contributed by atoms with van der Waals surface area (Å²) in [4.78, 5) is 65.4. The Morgan fingerprint density at radius 2 is 0.764 bits per heavy atom. The van der Waals surface area contributed by atoms with Crippen LogP contribution >= 0.6 is 0 Å². The molecule has 0 atom stereocenters. The van der Waals surface area contributed by atoms with E-state index in [1.807, 2.05) is 179 Å². The van der Waals surface area contributed by atoms with Crippen LogP contribution in [0, 0.1) is 41.5 Å². The Morgan fingerprint density at radius 3 is 1.04 bits per heavy atom. The zero-order valence-corrected chi connectivity index (χ0v) is 91.8. The fourth-order valence-electron chi connectivity index (χ4n) is 11.9. The average molecular weight is 1940 g/mol. The number of carbonyl (C=O) groups is 6. The smallest absolute Gasteiger partial charge is 0.436 e. The number of Topliss-reactive ketones (excluding diaryl/α,β-unsaturated/α-hetero) is 4. The normalized spacial score (nSPS) is 11.7. The summed E-state index contributed by atoms with van der Waals surface area (Å²) in [5, 5.41) is 66.5. The minimum atomic E-state index is -0.490. The van der Waals surface area contributed by atoms with Crippen LogP contribution in [-0.4, -0.2) is 162 Å². The van der Waals surface area contributed by atoms with Gasteiger partial charge in [0.15, 0.2) is 28.9 Å². The van der Waals surface area contributed by atoms with Crippen LogP contribution in [0.1, 0.15) is 383 Å². The second-order valence-electron chi connectivity index (χ2n) is 45.2. The number of ether oxygens (including phenoxy) is 1. The summed E-state index contributed by atoms with van der Waals surface area (Å²) in [5.74, 6) is 3.59. The SMILES string of the molecule is C.CC(=O)Cn1cc(C(C)(C)C)nn1.CC(=O)Cn1cc(C(C)(C)C)nn1.CC(=O)c1cn(C(C)(C)C)nn1.CC(=O)c1cn(C(C)(C)C)nn1.CC(=O)n1cc(C(C)(C)C)nn1.CCOC(=O)n1cc(C(C)(C)C)nn1.Cc1cc(C(C)(C)C)no1.Cc1cc(C(C)(C)C)on1.Cc1cc(C)n(C(C)(C)C)n1.Cc1noc(-c2ccccc2)c1C(C)(C)C.Cc1onc(-c2ccccc2)c1C(C)(C)C. The fourth-order valence-corrected chi connectivity index (χ4v) is 11.9. The van der Waals surface area contributed by atoms with Crippen LogP contribution in [0.4, 0.5) is 4.79 Å². The van der Waals surface area contributed by atoms with E-state index < -0.39 is 6.09 Å². The second-order valence-corrected chi connectivity index (χ2v) is 45.2. The second kappa shape index (κ2) is 51.4. The van der Waals surface area contributed by atoms with Crippen LogP contribution in [0.25, 0.3) is 22.6 Å². The van der Waals surface area contributed by atoms with Gasteiger partial charge in [-0.1, -0.05) is 286 Å². The van der Waals surface area contributed by atoms with E-state index in [0.717, 1.165) is 90.1 Å². The van der Waals surface area contributed by atoms with Gasteiger partial charge in [0, 0.05) is 106 Å². The number of aromatic nitrogens is 24. The molecule has 0 saturated carbocycles. The molecular formula is C105H164N24O11. The predicted molar refractivity (Wildman–Crippen MR) is 549 cm³/mol. The Balaban J connectivity index is 0.000000522. The molecule has 0 bridgehead atoms. The van der Waals surface area contributed by atoms with Gasteiger partial charge in [0.05, 0.1) is 93.6 Å². The summed E-state index contributed by atoms with van der Waals surface area (Å²) >= 11 is 0. The van der Waals surface area contributed by atoms with Gasteiger partial charge in [0.1, 0.15) is 47.5 Å². The number of ketones is 4. The first-order chi connectivity index (χ1) is 63.4. The van der Waals surface area contributed by atoms with Gasteiger partial charge < -0.3 is 22.8 Å². The molecule has 35 heteroatoms. The van der Waals surface area contributed by atoms with Crippen molar-refractivity contribution >= 4 is 35.1 Å². The van der Waals surface area contributed by atoms with E-state index in [4.69, 9.17) is 22.8 Å². The standard InChI is InChI=1S/2C14H17NO.C9H15N3O2.2C9H15N3O.C9H16N2.3C8H13N3O.2C8H13NO.CH4/c1-10-12(14(2,3)4)13(15-16-10)11-8-6-5-7-9-11;1-10-12(14(2,3)4)13(16-15-10)11-8-6-5-7-9-11;1-5-14-8(13)12-6-7(10-11-12)9(2,3)4;2*1-7(13)5-12-6-8(10-11-12)9(2,3)4;1-7-6-8(2)11(10-7)9(3,4)5;1-6(12)11-5-7(9-10-11)8(2,3)4;2*1-6(12)7-5-11(10-9-7)8(2,3)4;1-6-5-7(9-10-6)8(2,3)4;1-6-5-7(10-9-6)8(2,3)4;/h2*5-9H,1-4H3;6H,5H2,1-4H3;2*6H,5H2,1-4H3;6H,1-5H3;3*5H,1-4H3;2*5H,1-4H3;1H4. The van der Waals surface area contributed by atoms with E-state index in [0.29, 0.717) is 31.1 Å². The molecule has 0 spiro atoms. The first-order valence-corrected chi connectivity index (χ1v) is 46.5. The molecule has 13 rings (SSSR count). The van der Waals surface area contributed by atoms with Crippen molar-refractivity contribution in [2.45, 2.75) is 392 Å². The highest BCUT2D eigenvalue weighted by atomic mass is 16.6. The van der Waals surface area contributed by atoms with E-state index in [1.165, 1.54) is 42.3 Å². The summed E-state index contributed by atoms with van der Waals surface area (Å²) < 4.78 is 36.5. The third-order valence-corrected chi connectivity index (χ3v) is 19.5. The molecule has 0 aliphatic heterocycles. The molecule has 11 heterocycles. The van der Waals surface area contributed by atoms with Crippen molar-refractivity contribution in [3.05, 3.63) is 207 Å². The van der Waals surface area contributed by atoms with Gasteiger partial charge in [0.25, 0.3) is 0 Å². The molecule has 140 heavy (non-hydrogen) atoms. The third kappa shape index (κ3) is 42.1. The third-order valence-electron chi connectivity index (χ3n) is 19.5. The maximum atomic E-state index is 11.2. The molecule has 35 nitrogen and oxygen atoms in total. The van der Waals surface area contributed by atoms with Crippen LogP contribution in [-0.2, 0) is 87.4 Å². The Hall–Kier alpha value is -12.9. The number of hydrogen-bond acceptors (Lipinski definition) is 28. The molecule has 11 aromatic heterocycles. The maximum Gasteiger partial charge on any atom is 0.436 e. The fraction of sp³-hybridized carbons (Fsp3) is 0.571. The number of nitrogens with zero attached hydrogens (tertiary/aromatic N) is 24. The monoisotopic (exact) mass is 1940 g/mol. The molecule has 0 saturated heterocycles. The van der Waals surface area contributed by atoms with Gasteiger partial charge in [0.2, 0.25) is 5.91 Å². The zero-order chi connectivity index (χ0) is 107. The van der Waals surface area contributed by atoms with Crippen LogP contribution in [0.3, 0.4) is 0 Å². The summed E-state index contributed by atoms with van der Waals surface area (Å²) in [6, 6.07) is 26.3. The van der Waals surface area contributed by atoms with Crippen molar-refractivity contribution < 1.29 is 51.6 Å². The average Bonchev–Trinajstić information content (AvgIpc) is 1.64. The van der Waals surface area contributed by atoms with E-state index in [1.54, 1.807) is 64.3 Å². The molecule has 13 aromatic rings. The van der Waals surface area contributed by atoms with Gasteiger partial charge >= 0.3 is 6.09 Å². The van der Waals surface area contributed by atoms with Crippen molar-refractivity contribution in [1.29, 1.82) is 0 Å². The quantitative estimate of drug-likeness (QED) is 0.121. The van der Waals surface area contributed by atoms with Gasteiger partial charge in [-0.15, -0.1) is 30.6 Å². The lowest BCUT2D eigenvalue weighted by molar-refractivity contribution is -0.118. The lowest BCUT2D eigenvalue weighted by atomic mass is 9.84. The Morgan fingerprint density at radius 1 is 0.364 bits per heavy atom. The maximum absolute atomic E-state index is 11.2. The summed E-state index contributed by atoms with van der Waals surface area (Å²) in [7, 11) is 0. The first kappa shape index (κ1) is 123. The number of benzene rings is 2. The molecule has 2 aromatic carbocycles. The molecule has 0 aliphatic rings. The molecule has 0 aliphatic carbocycles. The minimum Gasteiger partial charge on any atom is -0.448 e. The van der Waals surface area contributed by atoms with Crippen molar-refractivity contribution in [3.63, 3.8) is 0 Å². The van der Waals surface area contributed by atoms with Gasteiger partial charge in [-0.25, -0.2) is 23.5 Å².